The van der Waals surface area contributed by atoms with Gasteiger partial charge in [0.1, 0.15) is 5.82 Å². The summed E-state index contributed by atoms with van der Waals surface area (Å²) in [7, 11) is 1.42. The number of ether oxygens (including phenoxy) is 1. The summed E-state index contributed by atoms with van der Waals surface area (Å²) in [4.78, 5) is 3.74. The van der Waals surface area contributed by atoms with E-state index in [2.05, 4.69) is 22.1 Å². The number of hydrazone groups is 1. The smallest absolute Gasteiger partial charge is 0.230 e. The Morgan fingerprint density at radius 2 is 2.44 bits per heavy atom. The summed E-state index contributed by atoms with van der Waals surface area (Å²) in [6.07, 6.45) is 5.01. The zero-order valence-corrected chi connectivity index (χ0v) is 9.86. The number of aromatic nitrogens is 1. The summed E-state index contributed by atoms with van der Waals surface area (Å²) in [5, 5.41) is 3.42. The number of allylic oxidation sites excluding steroid dienone is 3. The molecule has 4 nitrogen and oxygen atoms in total. The molecule has 0 bridgehead atoms. The van der Waals surface area contributed by atoms with Gasteiger partial charge >= 0.3 is 0 Å². The summed E-state index contributed by atoms with van der Waals surface area (Å²) < 4.78 is 30.9. The molecule has 0 aromatic carbocycles. The van der Waals surface area contributed by atoms with E-state index in [1.165, 1.54) is 25.3 Å². The molecule has 0 aliphatic heterocycles. The molecule has 0 unspecified atom stereocenters. The molecule has 1 rings (SSSR count). The van der Waals surface area contributed by atoms with Crippen LogP contribution in [0, 0.1) is 5.82 Å². The van der Waals surface area contributed by atoms with Crippen molar-refractivity contribution >= 4 is 5.97 Å². The van der Waals surface area contributed by atoms with Crippen LogP contribution < -0.4 is 10.2 Å². The number of rotatable bonds is 6. The van der Waals surface area contributed by atoms with Gasteiger partial charge in [-0.15, -0.1) is 5.10 Å². The first kappa shape index (κ1) is 13.8. The van der Waals surface area contributed by atoms with E-state index in [0.29, 0.717) is 5.56 Å². The average Bonchev–Trinajstić information content (AvgIpc) is 2.36. The van der Waals surface area contributed by atoms with E-state index in [1.807, 2.05) is 0 Å². The zero-order chi connectivity index (χ0) is 13.4. The van der Waals surface area contributed by atoms with Crippen molar-refractivity contribution in [2.75, 3.05) is 7.11 Å². The van der Waals surface area contributed by atoms with Crippen LogP contribution in [0.25, 0.3) is 0 Å². The highest BCUT2D eigenvalue weighted by atomic mass is 19.1. The molecule has 1 aromatic heterocycles. The standard InChI is InChI=1S/C12H13F2N3O/c1-3-4-5-11(14)17-16-7-9-6-10(13)8-15-12(9)18-2/h3-6,8,16H,1,7H2,2H3/b5-4-,17-11+. The van der Waals surface area contributed by atoms with Gasteiger partial charge in [-0.1, -0.05) is 18.7 Å². The number of halogens is 2. The maximum atomic E-state index is 13.0. The van der Waals surface area contributed by atoms with E-state index in [9.17, 15) is 8.78 Å². The minimum Gasteiger partial charge on any atom is -0.481 e. The van der Waals surface area contributed by atoms with Gasteiger partial charge in [-0.05, 0) is 12.1 Å². The maximum Gasteiger partial charge on any atom is 0.230 e. The molecule has 1 heterocycles. The van der Waals surface area contributed by atoms with Gasteiger partial charge in [0.15, 0.2) is 0 Å². The van der Waals surface area contributed by atoms with E-state index in [0.717, 1.165) is 12.3 Å². The molecule has 18 heavy (non-hydrogen) atoms. The SMILES string of the molecule is C=C/C=C\C(F)=N/NCc1cc(F)cnc1OC. The molecule has 0 aliphatic carbocycles. The molecule has 96 valence electrons. The normalized spacial score (nSPS) is 11.6. The van der Waals surface area contributed by atoms with Crippen LogP contribution in [0.15, 0.2) is 42.2 Å². The van der Waals surface area contributed by atoms with Gasteiger partial charge in [0.2, 0.25) is 11.8 Å². The third-order valence-corrected chi connectivity index (χ3v) is 1.91. The van der Waals surface area contributed by atoms with Crippen LogP contribution in [-0.4, -0.2) is 18.1 Å². The fourth-order valence-electron chi connectivity index (χ4n) is 1.16. The Hall–Kier alpha value is -2.24. The fourth-order valence-corrected chi connectivity index (χ4v) is 1.16. The number of nitrogens with zero attached hydrogens (tertiary/aromatic N) is 2. The predicted octanol–water partition coefficient (Wildman–Crippen LogP) is 2.34. The van der Waals surface area contributed by atoms with E-state index in [-0.39, 0.29) is 12.4 Å². The number of nitrogens with one attached hydrogen (secondary N) is 1. The van der Waals surface area contributed by atoms with Crippen LogP contribution in [0.1, 0.15) is 5.56 Å². The van der Waals surface area contributed by atoms with Gasteiger partial charge in [0.05, 0.1) is 19.9 Å². The van der Waals surface area contributed by atoms with E-state index in [4.69, 9.17) is 4.74 Å². The van der Waals surface area contributed by atoms with E-state index < -0.39 is 11.8 Å². The molecule has 0 amide bonds. The Morgan fingerprint density at radius 3 is 3.11 bits per heavy atom. The fraction of sp³-hybridized carbons (Fsp3) is 0.167. The van der Waals surface area contributed by atoms with Gasteiger partial charge in [-0.2, -0.15) is 4.39 Å². The molecule has 0 spiro atoms. The lowest BCUT2D eigenvalue weighted by molar-refractivity contribution is 0.388. The molecule has 0 radical (unpaired) electrons. The Balaban J connectivity index is 2.65. The quantitative estimate of drug-likeness (QED) is 0.481. The van der Waals surface area contributed by atoms with Crippen LogP contribution in [0.3, 0.4) is 0 Å². The number of hydrogen-bond acceptors (Lipinski definition) is 4. The molecule has 0 fully saturated rings. The molecule has 1 N–H and O–H groups in total. The number of pyridine rings is 1. The first-order valence-electron chi connectivity index (χ1n) is 5.11. The van der Waals surface area contributed by atoms with E-state index in [1.54, 1.807) is 0 Å². The second-order valence-electron chi connectivity index (χ2n) is 3.19. The van der Waals surface area contributed by atoms with Crippen molar-refractivity contribution in [3.05, 3.63) is 48.5 Å². The molecular formula is C12H13F2N3O. The van der Waals surface area contributed by atoms with Gasteiger partial charge in [-0.3, -0.25) is 0 Å². The minimum absolute atomic E-state index is 0.100. The molecular weight excluding hydrogens is 240 g/mol. The summed E-state index contributed by atoms with van der Waals surface area (Å²) in [5.41, 5.74) is 2.90. The summed E-state index contributed by atoms with van der Waals surface area (Å²) in [6, 6.07) is 1.24. The molecule has 0 saturated carbocycles. The number of hydrogen-bond donors (Lipinski definition) is 1. The van der Waals surface area contributed by atoms with Crippen molar-refractivity contribution in [2.24, 2.45) is 5.10 Å². The van der Waals surface area contributed by atoms with Crippen LogP contribution in [-0.2, 0) is 6.54 Å². The highest BCUT2D eigenvalue weighted by Crippen LogP contribution is 2.15. The number of methoxy groups -OCH3 is 1. The molecule has 0 saturated heterocycles. The van der Waals surface area contributed by atoms with Crippen molar-refractivity contribution in [1.82, 2.24) is 10.4 Å². The Labute approximate surface area is 104 Å². The summed E-state index contributed by atoms with van der Waals surface area (Å²) in [6.45, 7) is 3.50. The van der Waals surface area contributed by atoms with Crippen LogP contribution in [0.4, 0.5) is 8.78 Å². The molecule has 0 atom stereocenters. The van der Waals surface area contributed by atoms with Crippen molar-refractivity contribution in [3.8, 4) is 5.88 Å². The van der Waals surface area contributed by atoms with Gasteiger partial charge in [0, 0.05) is 5.56 Å². The first-order chi connectivity index (χ1) is 8.67. The van der Waals surface area contributed by atoms with Gasteiger partial charge in [0.25, 0.3) is 0 Å². The molecule has 6 heteroatoms. The lowest BCUT2D eigenvalue weighted by Crippen LogP contribution is -2.09. The Bertz CT molecular complexity index is 472. The second-order valence-corrected chi connectivity index (χ2v) is 3.19. The lowest BCUT2D eigenvalue weighted by Gasteiger charge is -2.06. The van der Waals surface area contributed by atoms with Crippen LogP contribution in [0.2, 0.25) is 0 Å². The predicted molar refractivity (Wildman–Crippen MR) is 65.5 cm³/mol. The third-order valence-electron chi connectivity index (χ3n) is 1.91. The maximum absolute atomic E-state index is 13.0. The third kappa shape index (κ3) is 4.32. The Morgan fingerprint density at radius 1 is 1.67 bits per heavy atom. The van der Waals surface area contributed by atoms with Crippen LogP contribution in [0.5, 0.6) is 5.88 Å². The van der Waals surface area contributed by atoms with Crippen molar-refractivity contribution in [1.29, 1.82) is 0 Å². The average molecular weight is 253 g/mol. The van der Waals surface area contributed by atoms with Gasteiger partial charge in [-0.25, -0.2) is 9.37 Å². The molecule has 1 aromatic rings. The zero-order valence-electron chi connectivity index (χ0n) is 9.86. The summed E-state index contributed by atoms with van der Waals surface area (Å²) >= 11 is 0. The van der Waals surface area contributed by atoms with Gasteiger partial charge < -0.3 is 10.2 Å². The second kappa shape index (κ2) is 7.16. The topological polar surface area (TPSA) is 46.5 Å². The largest absolute Gasteiger partial charge is 0.481 e. The highest BCUT2D eigenvalue weighted by molar-refractivity contribution is 5.86. The monoisotopic (exact) mass is 253 g/mol. The highest BCUT2D eigenvalue weighted by Gasteiger charge is 2.05. The van der Waals surface area contributed by atoms with Crippen molar-refractivity contribution < 1.29 is 13.5 Å². The minimum atomic E-state index is -0.710. The van der Waals surface area contributed by atoms with E-state index >= 15 is 0 Å². The first-order valence-corrected chi connectivity index (χ1v) is 5.11. The lowest BCUT2D eigenvalue weighted by atomic mass is 10.2. The van der Waals surface area contributed by atoms with Crippen molar-refractivity contribution in [3.63, 3.8) is 0 Å². The van der Waals surface area contributed by atoms with Crippen molar-refractivity contribution in [2.45, 2.75) is 6.54 Å². The van der Waals surface area contributed by atoms with Crippen LogP contribution >= 0.6 is 0 Å². The summed E-state index contributed by atoms with van der Waals surface area (Å²) in [5.74, 6) is -0.942. The Kier molecular flexibility index (Phi) is 5.50. The molecule has 0 aliphatic rings.